The first-order valence-electron chi connectivity index (χ1n) is 11.5. The zero-order valence-electron chi connectivity index (χ0n) is 20.5. The van der Waals surface area contributed by atoms with Crippen molar-refractivity contribution in [2.45, 2.75) is 23.6 Å². The fraction of sp³-hybridized carbons (Fsp3) is 0.0833. The zero-order chi connectivity index (χ0) is 27.6. The number of sulfone groups is 1. The number of aromatic amines is 2. The van der Waals surface area contributed by atoms with Gasteiger partial charge in [-0.3, -0.25) is 19.3 Å². The lowest BCUT2D eigenvalue weighted by molar-refractivity contribution is 0.596. The van der Waals surface area contributed by atoms with E-state index in [-0.39, 0.29) is 19.3 Å². The van der Waals surface area contributed by atoms with E-state index in [0.29, 0.717) is 56.5 Å². The Kier molecular flexibility index (Phi) is 5.60. The molecule has 0 aliphatic carbocycles. The average Bonchev–Trinajstić information content (AvgIpc) is 3.46. The summed E-state index contributed by atoms with van der Waals surface area (Å²) < 4.78 is 30.4. The second-order valence-electron chi connectivity index (χ2n) is 8.79. The van der Waals surface area contributed by atoms with Gasteiger partial charge in [0.1, 0.15) is 11.6 Å². The van der Waals surface area contributed by atoms with Crippen LogP contribution < -0.4 is 11.5 Å². The lowest BCUT2D eigenvalue weighted by atomic mass is 10.2. The van der Waals surface area contributed by atoms with Crippen LogP contribution in [-0.2, 0) is 9.84 Å². The number of hydrogen-bond donors (Lipinski definition) is 4. The first-order chi connectivity index (χ1) is 18.6. The molecule has 6 rings (SSSR count). The monoisotopic (exact) mass is 576 g/mol. The fourth-order valence-electron chi connectivity index (χ4n) is 4.52. The first kappa shape index (κ1) is 24.8. The minimum Gasteiger partial charge on any atom is -0.384 e. The number of benzene rings is 2. The van der Waals surface area contributed by atoms with Gasteiger partial charge in [-0.05, 0) is 86.8 Å². The quantitative estimate of drug-likeness (QED) is 0.225. The molecule has 0 unspecified atom stereocenters. The number of nitrogens with one attached hydrogen (secondary N) is 2. The van der Waals surface area contributed by atoms with Crippen LogP contribution in [0.25, 0.3) is 33.4 Å². The number of nitrogens with two attached hydrogens (primary N) is 2. The largest absolute Gasteiger partial charge is 0.384 e. The maximum atomic E-state index is 13.4. The summed E-state index contributed by atoms with van der Waals surface area (Å²) in [5.41, 5.74) is 16.3. The molecule has 0 spiro atoms. The second-order valence-corrected chi connectivity index (χ2v) is 11.5. The molecule has 4 heterocycles. The van der Waals surface area contributed by atoms with Gasteiger partial charge < -0.3 is 11.5 Å². The highest BCUT2D eigenvalue weighted by molar-refractivity contribution is 7.91. The zero-order valence-corrected chi connectivity index (χ0v) is 22.9. The van der Waals surface area contributed by atoms with E-state index in [0.717, 1.165) is 0 Å². The lowest BCUT2D eigenvalue weighted by Gasteiger charge is -2.13. The summed E-state index contributed by atoms with van der Waals surface area (Å²) in [7, 11) is -3.84. The van der Waals surface area contributed by atoms with Crippen molar-refractivity contribution in [2.75, 3.05) is 11.5 Å². The van der Waals surface area contributed by atoms with Crippen LogP contribution in [0, 0.1) is 23.4 Å². The van der Waals surface area contributed by atoms with Gasteiger partial charge in [-0.2, -0.15) is 20.2 Å². The highest BCUT2D eigenvalue weighted by atomic mass is 32.2. The smallest absolute Gasteiger partial charge is 0.207 e. The molecule has 0 aliphatic rings. The summed E-state index contributed by atoms with van der Waals surface area (Å²) in [6, 6.07) is 12.5. The lowest BCUT2D eigenvalue weighted by Crippen LogP contribution is -2.09. The molecule has 2 aromatic carbocycles. The molecule has 6 N–H and O–H groups in total. The van der Waals surface area contributed by atoms with Gasteiger partial charge in [0, 0.05) is 11.4 Å². The van der Waals surface area contributed by atoms with Crippen LogP contribution >= 0.6 is 24.4 Å². The molecule has 0 amide bonds. The van der Waals surface area contributed by atoms with Crippen molar-refractivity contribution in [3.05, 3.63) is 69.5 Å². The van der Waals surface area contributed by atoms with E-state index in [1.165, 1.54) is 24.3 Å². The summed E-state index contributed by atoms with van der Waals surface area (Å²) in [5.74, 6) is 0.720. The third-order valence-electron chi connectivity index (χ3n) is 6.46. The summed E-state index contributed by atoms with van der Waals surface area (Å²) >= 11 is 10.8. The van der Waals surface area contributed by atoms with E-state index >= 15 is 0 Å². The molecule has 0 bridgehead atoms. The Morgan fingerprint density at radius 2 is 1.05 bits per heavy atom. The molecule has 196 valence electrons. The standard InChI is InChI=1S/C24H20N10O2S3/c1-11-17-19(25)33(23(37)27-21(17)31-29-11)13-3-7-15(8-4-13)39(35,36)16-9-5-14(6-10-16)34-20(26)18-12(2)30-32-22(18)28-24(34)38/h3-10H,25-26H2,1-2H3,(H,27,31,37)(H,28,32,38). The Bertz CT molecular complexity index is 2010. The number of anilines is 2. The maximum Gasteiger partial charge on any atom is 0.207 e. The van der Waals surface area contributed by atoms with Gasteiger partial charge in [0.2, 0.25) is 19.4 Å². The SMILES string of the molecule is Cc1n[nH]c2nc(=S)n(-c3ccc(S(=O)(=O)c4ccc(-n5c(N)c6c(C)n[nH]c6nc5=S)cc4)cc3)c(N)c12. The van der Waals surface area contributed by atoms with Gasteiger partial charge in [-0.25, -0.2) is 8.42 Å². The summed E-state index contributed by atoms with van der Waals surface area (Å²) in [6.45, 7) is 3.61. The predicted octanol–water partition coefficient (Wildman–Crippen LogP) is 3.88. The Morgan fingerprint density at radius 3 is 1.41 bits per heavy atom. The minimum atomic E-state index is -3.84. The fourth-order valence-corrected chi connectivity index (χ4v) is 6.37. The summed E-state index contributed by atoms with van der Waals surface area (Å²) in [6.07, 6.45) is 0. The van der Waals surface area contributed by atoms with Gasteiger partial charge in [-0.15, -0.1) is 0 Å². The van der Waals surface area contributed by atoms with E-state index in [4.69, 9.17) is 35.9 Å². The van der Waals surface area contributed by atoms with Gasteiger partial charge in [0.05, 0.1) is 32.0 Å². The van der Waals surface area contributed by atoms with Gasteiger partial charge in [0.25, 0.3) is 0 Å². The van der Waals surface area contributed by atoms with Crippen molar-refractivity contribution in [2.24, 2.45) is 0 Å². The van der Waals surface area contributed by atoms with Gasteiger partial charge in [0.15, 0.2) is 11.3 Å². The maximum absolute atomic E-state index is 13.4. The van der Waals surface area contributed by atoms with E-state index in [1.807, 2.05) is 0 Å². The van der Waals surface area contributed by atoms with E-state index in [9.17, 15) is 8.42 Å². The Labute approximate surface area is 231 Å². The predicted molar refractivity (Wildman–Crippen MR) is 152 cm³/mol. The normalized spacial score (nSPS) is 11.9. The van der Waals surface area contributed by atoms with E-state index in [1.54, 1.807) is 47.2 Å². The van der Waals surface area contributed by atoms with Crippen LogP contribution in [-0.4, -0.2) is 47.9 Å². The van der Waals surface area contributed by atoms with Crippen molar-refractivity contribution in [1.82, 2.24) is 39.5 Å². The summed E-state index contributed by atoms with van der Waals surface area (Å²) in [4.78, 5) is 8.90. The number of aromatic nitrogens is 8. The van der Waals surface area contributed by atoms with E-state index < -0.39 is 9.84 Å². The van der Waals surface area contributed by atoms with Crippen LogP contribution in [0.1, 0.15) is 11.4 Å². The molecular formula is C24H20N10O2S3. The molecular weight excluding hydrogens is 557 g/mol. The van der Waals surface area contributed by atoms with Crippen LogP contribution in [0.15, 0.2) is 58.3 Å². The molecule has 6 aromatic rings. The van der Waals surface area contributed by atoms with Crippen molar-refractivity contribution < 1.29 is 8.42 Å². The number of rotatable bonds is 4. The topological polar surface area (TPSA) is 179 Å². The molecule has 39 heavy (non-hydrogen) atoms. The first-order valence-corrected chi connectivity index (χ1v) is 13.8. The van der Waals surface area contributed by atoms with Crippen LogP contribution in [0.5, 0.6) is 0 Å². The van der Waals surface area contributed by atoms with Crippen molar-refractivity contribution in [1.29, 1.82) is 0 Å². The molecule has 0 fully saturated rings. The number of hydrogen-bond acceptors (Lipinski definition) is 10. The average molecular weight is 577 g/mol. The molecule has 0 aliphatic heterocycles. The molecule has 0 saturated heterocycles. The van der Waals surface area contributed by atoms with Crippen LogP contribution in [0.4, 0.5) is 11.6 Å². The number of nitrogen functional groups attached to an aromatic ring is 2. The van der Waals surface area contributed by atoms with Crippen LogP contribution in [0.3, 0.4) is 0 Å². The van der Waals surface area contributed by atoms with Crippen molar-refractivity contribution in [3.63, 3.8) is 0 Å². The van der Waals surface area contributed by atoms with Crippen molar-refractivity contribution in [3.8, 4) is 11.4 Å². The third kappa shape index (κ3) is 3.81. The van der Waals surface area contributed by atoms with Crippen LogP contribution in [0.2, 0.25) is 0 Å². The third-order valence-corrected chi connectivity index (χ3v) is 8.79. The van der Waals surface area contributed by atoms with E-state index in [2.05, 4.69) is 30.4 Å². The molecule has 0 saturated carbocycles. The van der Waals surface area contributed by atoms with Gasteiger partial charge >= 0.3 is 0 Å². The van der Waals surface area contributed by atoms with Gasteiger partial charge in [-0.1, -0.05) is 0 Å². The Hall–Kier alpha value is -4.47. The minimum absolute atomic E-state index is 0.103. The number of fused-ring (bicyclic) bond motifs is 2. The number of aryl methyl sites for hydroxylation is 2. The molecule has 0 radical (unpaired) electrons. The second kappa shape index (κ2) is 8.79. The Morgan fingerprint density at radius 1 is 0.692 bits per heavy atom. The number of H-pyrrole nitrogens is 2. The Balaban J connectivity index is 1.36. The summed E-state index contributed by atoms with van der Waals surface area (Å²) in [5, 5.41) is 15.2. The molecule has 0 atom stereocenters. The highest BCUT2D eigenvalue weighted by Gasteiger charge is 2.20. The van der Waals surface area contributed by atoms with Crippen molar-refractivity contribution >= 4 is 68.0 Å². The molecule has 15 heteroatoms. The highest BCUT2D eigenvalue weighted by Crippen LogP contribution is 2.29. The molecule has 12 nitrogen and oxygen atoms in total. The number of nitrogens with zero attached hydrogens (tertiary/aromatic N) is 6. The molecule has 4 aromatic heterocycles.